The first-order chi connectivity index (χ1) is 8.09. The number of carboxylic acids is 1. The molecule has 0 atom stereocenters. The van der Waals surface area contributed by atoms with Crippen LogP contribution in [-0.2, 0) is 0 Å². The Balaban J connectivity index is 0.000000181. The Morgan fingerprint density at radius 2 is 1.82 bits per heavy atom. The molecule has 1 heterocycles. The third-order valence-electron chi connectivity index (χ3n) is 1.99. The van der Waals surface area contributed by atoms with E-state index in [0.29, 0.717) is 11.4 Å². The Hall–Kier alpha value is -2.36. The quantitative estimate of drug-likeness (QED) is 0.788. The average molecular weight is 230 g/mol. The molecule has 0 spiro atoms. The molecule has 0 aliphatic heterocycles. The summed E-state index contributed by atoms with van der Waals surface area (Å²) >= 11 is 0. The molecule has 4 heteroatoms. The van der Waals surface area contributed by atoms with Crippen molar-refractivity contribution in [2.75, 3.05) is 5.73 Å². The molecule has 0 radical (unpaired) electrons. The largest absolute Gasteiger partial charge is 0.478 e. The molecule has 1 aromatic heterocycles. The zero-order valence-electron chi connectivity index (χ0n) is 9.50. The van der Waals surface area contributed by atoms with Gasteiger partial charge in [-0.2, -0.15) is 0 Å². The number of hydrogen-bond acceptors (Lipinski definition) is 3. The van der Waals surface area contributed by atoms with Crippen LogP contribution in [0.15, 0.2) is 48.7 Å². The number of nitrogens with two attached hydrogens (primary N) is 1. The Labute approximate surface area is 99.7 Å². The SMILES string of the molecule is Cc1ccc(C(=O)O)cc1.Nc1ccccn1. The molecule has 4 nitrogen and oxygen atoms in total. The number of carbonyl (C=O) groups is 1. The molecule has 3 N–H and O–H groups in total. The number of aromatic carboxylic acids is 1. The van der Waals surface area contributed by atoms with Gasteiger partial charge in [0.15, 0.2) is 0 Å². The van der Waals surface area contributed by atoms with Crippen LogP contribution in [0.2, 0.25) is 0 Å². The molecule has 0 bridgehead atoms. The summed E-state index contributed by atoms with van der Waals surface area (Å²) in [5.74, 6) is -0.303. The van der Waals surface area contributed by atoms with Crippen molar-refractivity contribution in [1.82, 2.24) is 4.98 Å². The lowest BCUT2D eigenvalue weighted by atomic mass is 10.2. The van der Waals surface area contributed by atoms with Gasteiger partial charge < -0.3 is 10.8 Å². The maximum Gasteiger partial charge on any atom is 0.335 e. The minimum atomic E-state index is -0.875. The van der Waals surface area contributed by atoms with Crippen molar-refractivity contribution in [3.63, 3.8) is 0 Å². The molecule has 2 aromatic rings. The van der Waals surface area contributed by atoms with E-state index in [4.69, 9.17) is 10.8 Å². The minimum absolute atomic E-state index is 0.339. The fourth-order valence-electron chi connectivity index (χ4n) is 1.07. The summed E-state index contributed by atoms with van der Waals surface area (Å²) in [6.07, 6.45) is 1.66. The van der Waals surface area contributed by atoms with Gasteiger partial charge in [0.1, 0.15) is 5.82 Å². The first-order valence-corrected chi connectivity index (χ1v) is 5.06. The van der Waals surface area contributed by atoms with Crippen LogP contribution in [-0.4, -0.2) is 16.1 Å². The van der Waals surface area contributed by atoms with Crippen molar-refractivity contribution in [3.8, 4) is 0 Å². The number of aromatic nitrogens is 1. The van der Waals surface area contributed by atoms with E-state index in [0.717, 1.165) is 5.56 Å². The van der Waals surface area contributed by atoms with Gasteiger partial charge in [0.05, 0.1) is 5.56 Å². The molecule has 2 rings (SSSR count). The smallest absolute Gasteiger partial charge is 0.335 e. The fourth-order valence-corrected chi connectivity index (χ4v) is 1.07. The number of nitrogen functional groups attached to an aromatic ring is 1. The maximum absolute atomic E-state index is 10.3. The van der Waals surface area contributed by atoms with E-state index in [1.807, 2.05) is 19.1 Å². The summed E-state index contributed by atoms with van der Waals surface area (Å²) < 4.78 is 0. The molecule has 0 aliphatic carbocycles. The minimum Gasteiger partial charge on any atom is -0.478 e. The molecule has 0 unspecified atom stereocenters. The summed E-state index contributed by atoms with van der Waals surface area (Å²) in [4.78, 5) is 14.1. The van der Waals surface area contributed by atoms with Crippen LogP contribution in [0.25, 0.3) is 0 Å². The predicted octanol–water partition coefficient (Wildman–Crippen LogP) is 2.36. The van der Waals surface area contributed by atoms with Crippen molar-refractivity contribution in [1.29, 1.82) is 0 Å². The van der Waals surface area contributed by atoms with E-state index in [1.54, 1.807) is 36.5 Å². The number of rotatable bonds is 1. The van der Waals surface area contributed by atoms with Crippen molar-refractivity contribution >= 4 is 11.8 Å². The Bertz CT molecular complexity index is 467. The summed E-state index contributed by atoms with van der Waals surface area (Å²) in [5.41, 5.74) is 6.66. The summed E-state index contributed by atoms with van der Waals surface area (Å²) in [6.45, 7) is 1.92. The number of nitrogens with zero attached hydrogens (tertiary/aromatic N) is 1. The first kappa shape index (κ1) is 12.7. The Morgan fingerprint density at radius 1 is 1.18 bits per heavy atom. The van der Waals surface area contributed by atoms with Crippen molar-refractivity contribution in [2.24, 2.45) is 0 Å². The van der Waals surface area contributed by atoms with Gasteiger partial charge in [-0.1, -0.05) is 23.8 Å². The third-order valence-corrected chi connectivity index (χ3v) is 1.99. The molecule has 0 fully saturated rings. The summed E-state index contributed by atoms with van der Waals surface area (Å²) in [5, 5.41) is 8.48. The molecule has 0 amide bonds. The zero-order valence-corrected chi connectivity index (χ0v) is 9.50. The second-order valence-electron chi connectivity index (χ2n) is 3.43. The number of carboxylic acid groups (broad SMARTS) is 1. The molecule has 17 heavy (non-hydrogen) atoms. The van der Waals surface area contributed by atoms with Gasteiger partial charge in [-0.3, -0.25) is 0 Å². The van der Waals surface area contributed by atoms with Gasteiger partial charge >= 0.3 is 5.97 Å². The summed E-state index contributed by atoms with van der Waals surface area (Å²) in [7, 11) is 0. The third kappa shape index (κ3) is 4.79. The fraction of sp³-hybridized carbons (Fsp3) is 0.0769. The van der Waals surface area contributed by atoms with Crippen LogP contribution in [0.3, 0.4) is 0 Å². The lowest BCUT2D eigenvalue weighted by Gasteiger charge is -1.92. The predicted molar refractivity (Wildman–Crippen MR) is 66.8 cm³/mol. The number of pyridine rings is 1. The second-order valence-corrected chi connectivity index (χ2v) is 3.43. The highest BCUT2D eigenvalue weighted by atomic mass is 16.4. The highest BCUT2D eigenvalue weighted by Crippen LogP contribution is 2.01. The van der Waals surface area contributed by atoms with Gasteiger partial charge in [0.2, 0.25) is 0 Å². The molecular formula is C13H14N2O2. The molecule has 88 valence electrons. The van der Waals surface area contributed by atoms with Crippen molar-refractivity contribution < 1.29 is 9.90 Å². The van der Waals surface area contributed by atoms with Gasteiger partial charge in [-0.05, 0) is 31.2 Å². The number of aryl methyl sites for hydroxylation is 1. The molecule has 0 aliphatic rings. The average Bonchev–Trinajstić information content (AvgIpc) is 2.31. The van der Waals surface area contributed by atoms with E-state index in [9.17, 15) is 4.79 Å². The van der Waals surface area contributed by atoms with Gasteiger partial charge in [0.25, 0.3) is 0 Å². The molecule has 0 saturated carbocycles. The highest BCUT2D eigenvalue weighted by Gasteiger charge is 1.98. The van der Waals surface area contributed by atoms with E-state index in [2.05, 4.69) is 4.98 Å². The molecule has 1 aromatic carbocycles. The van der Waals surface area contributed by atoms with Crippen LogP contribution in [0.1, 0.15) is 15.9 Å². The standard InChI is InChI=1S/C8H8O2.C5H6N2/c1-6-2-4-7(5-3-6)8(9)10;6-5-3-1-2-4-7-5/h2-5H,1H3,(H,9,10);1-4H,(H2,6,7). The van der Waals surface area contributed by atoms with Crippen LogP contribution >= 0.6 is 0 Å². The first-order valence-electron chi connectivity index (χ1n) is 5.06. The van der Waals surface area contributed by atoms with E-state index in [1.165, 1.54) is 0 Å². The maximum atomic E-state index is 10.3. The second kappa shape index (κ2) is 6.27. The molecular weight excluding hydrogens is 216 g/mol. The van der Waals surface area contributed by atoms with E-state index < -0.39 is 5.97 Å². The molecule has 0 saturated heterocycles. The van der Waals surface area contributed by atoms with Gasteiger partial charge in [-0.15, -0.1) is 0 Å². The van der Waals surface area contributed by atoms with Crippen LogP contribution in [0.4, 0.5) is 5.82 Å². The van der Waals surface area contributed by atoms with Crippen LogP contribution in [0.5, 0.6) is 0 Å². The zero-order chi connectivity index (χ0) is 12.7. The lowest BCUT2D eigenvalue weighted by Crippen LogP contribution is -1.94. The Kier molecular flexibility index (Phi) is 4.69. The van der Waals surface area contributed by atoms with Crippen molar-refractivity contribution in [3.05, 3.63) is 59.8 Å². The number of benzene rings is 1. The van der Waals surface area contributed by atoms with Crippen molar-refractivity contribution in [2.45, 2.75) is 6.92 Å². The highest BCUT2D eigenvalue weighted by molar-refractivity contribution is 5.87. The lowest BCUT2D eigenvalue weighted by molar-refractivity contribution is 0.0697. The van der Waals surface area contributed by atoms with Gasteiger partial charge in [0, 0.05) is 6.20 Å². The van der Waals surface area contributed by atoms with Gasteiger partial charge in [-0.25, -0.2) is 9.78 Å². The monoisotopic (exact) mass is 230 g/mol. The van der Waals surface area contributed by atoms with E-state index in [-0.39, 0.29) is 0 Å². The van der Waals surface area contributed by atoms with Crippen LogP contribution in [0, 0.1) is 6.92 Å². The topological polar surface area (TPSA) is 76.2 Å². The number of anilines is 1. The van der Waals surface area contributed by atoms with Crippen LogP contribution < -0.4 is 5.73 Å². The number of hydrogen-bond donors (Lipinski definition) is 2. The van der Waals surface area contributed by atoms with E-state index >= 15 is 0 Å². The normalized spacial score (nSPS) is 9.00. The Morgan fingerprint density at radius 3 is 2.18 bits per heavy atom. The summed E-state index contributed by atoms with van der Waals surface area (Å²) in [6, 6.07) is 12.2.